The number of hydrogen-bond acceptors (Lipinski definition) is 2. The van der Waals surface area contributed by atoms with Crippen molar-refractivity contribution in [2.45, 2.75) is 19.4 Å². The zero-order chi connectivity index (χ0) is 10.8. The second kappa shape index (κ2) is 4.29. The number of halogens is 1. The molecule has 3 heteroatoms. The molecule has 1 N–H and O–H groups in total. The molecule has 0 radical (unpaired) electrons. The molecule has 0 fully saturated rings. The van der Waals surface area contributed by atoms with Gasteiger partial charge < -0.3 is 5.11 Å². The molecule has 0 amide bonds. The van der Waals surface area contributed by atoms with Crippen molar-refractivity contribution in [2.24, 2.45) is 0 Å². The van der Waals surface area contributed by atoms with Gasteiger partial charge in [0.15, 0.2) is 0 Å². The summed E-state index contributed by atoms with van der Waals surface area (Å²) in [6.45, 7) is 1.96. The summed E-state index contributed by atoms with van der Waals surface area (Å²) < 4.78 is 1.01. The third-order valence-corrected chi connectivity index (χ3v) is 3.18. The molecule has 2 aromatic rings. The molecule has 78 valence electrons. The average Bonchev–Trinajstić information content (AvgIpc) is 2.29. The highest BCUT2D eigenvalue weighted by atomic mass is 79.9. The van der Waals surface area contributed by atoms with E-state index in [1.807, 2.05) is 31.2 Å². The summed E-state index contributed by atoms with van der Waals surface area (Å²) in [4.78, 5) is 4.32. The van der Waals surface area contributed by atoms with Crippen molar-refractivity contribution in [3.63, 3.8) is 0 Å². The Bertz CT molecular complexity index is 484. The van der Waals surface area contributed by atoms with Gasteiger partial charge in [0.25, 0.3) is 0 Å². The minimum Gasteiger partial charge on any atom is -0.388 e. The summed E-state index contributed by atoms with van der Waals surface area (Å²) >= 11 is 3.48. The van der Waals surface area contributed by atoms with E-state index in [1.54, 1.807) is 6.20 Å². The number of hydrogen-bond donors (Lipinski definition) is 1. The Morgan fingerprint density at radius 1 is 1.40 bits per heavy atom. The van der Waals surface area contributed by atoms with E-state index in [9.17, 15) is 5.11 Å². The predicted octanol–water partition coefficient (Wildman–Crippen LogP) is 3.44. The van der Waals surface area contributed by atoms with Crippen molar-refractivity contribution in [3.8, 4) is 0 Å². The molecule has 0 spiro atoms. The zero-order valence-corrected chi connectivity index (χ0v) is 10.0. The molecule has 0 aliphatic heterocycles. The van der Waals surface area contributed by atoms with E-state index in [1.165, 1.54) is 0 Å². The summed E-state index contributed by atoms with van der Waals surface area (Å²) in [7, 11) is 0. The first-order valence-electron chi connectivity index (χ1n) is 4.95. The minimum atomic E-state index is -0.435. The molecule has 0 bridgehead atoms. The Morgan fingerprint density at radius 2 is 2.20 bits per heavy atom. The fraction of sp³-hybridized carbons (Fsp3) is 0.250. The van der Waals surface area contributed by atoms with Crippen LogP contribution in [0.15, 0.2) is 34.9 Å². The van der Waals surface area contributed by atoms with Gasteiger partial charge in [-0.15, -0.1) is 0 Å². The van der Waals surface area contributed by atoms with Crippen LogP contribution in [0.2, 0.25) is 0 Å². The van der Waals surface area contributed by atoms with Crippen molar-refractivity contribution in [3.05, 3.63) is 40.5 Å². The van der Waals surface area contributed by atoms with Crippen LogP contribution in [0.25, 0.3) is 10.9 Å². The molecule has 15 heavy (non-hydrogen) atoms. The first-order chi connectivity index (χ1) is 7.24. The van der Waals surface area contributed by atoms with Crippen LogP contribution in [0.5, 0.6) is 0 Å². The Hall–Kier alpha value is -0.930. The highest BCUT2D eigenvalue weighted by Gasteiger charge is 2.11. The second-order valence-corrected chi connectivity index (χ2v) is 4.31. The van der Waals surface area contributed by atoms with E-state index in [0.29, 0.717) is 6.42 Å². The molecule has 1 aromatic carbocycles. The Labute approximate surface area is 97.1 Å². The van der Waals surface area contributed by atoms with Crippen molar-refractivity contribution in [1.29, 1.82) is 0 Å². The largest absolute Gasteiger partial charge is 0.388 e. The molecule has 1 aromatic heterocycles. The summed E-state index contributed by atoms with van der Waals surface area (Å²) in [6, 6.07) is 7.78. The van der Waals surface area contributed by atoms with Crippen LogP contribution in [-0.2, 0) is 0 Å². The fourth-order valence-electron chi connectivity index (χ4n) is 1.65. The minimum absolute atomic E-state index is 0.435. The van der Waals surface area contributed by atoms with Gasteiger partial charge in [-0.05, 0) is 18.6 Å². The third-order valence-electron chi connectivity index (χ3n) is 2.49. The van der Waals surface area contributed by atoms with Crippen LogP contribution in [-0.4, -0.2) is 10.1 Å². The average molecular weight is 266 g/mol. The highest BCUT2D eigenvalue weighted by Crippen LogP contribution is 2.29. The standard InChI is InChI=1S/C12H12BrNO/c1-2-11(15)9-5-6-10(13)8-4-3-7-14-12(8)9/h3-7,11,15H,2H2,1H3. The molecule has 0 aliphatic carbocycles. The Morgan fingerprint density at radius 3 is 2.93 bits per heavy atom. The zero-order valence-electron chi connectivity index (χ0n) is 8.44. The second-order valence-electron chi connectivity index (χ2n) is 3.46. The van der Waals surface area contributed by atoms with Gasteiger partial charge in [-0.3, -0.25) is 4.98 Å². The van der Waals surface area contributed by atoms with Crippen molar-refractivity contribution >= 4 is 26.8 Å². The monoisotopic (exact) mass is 265 g/mol. The summed E-state index contributed by atoms with van der Waals surface area (Å²) in [5, 5.41) is 10.9. The van der Waals surface area contributed by atoms with Gasteiger partial charge in [-0.2, -0.15) is 0 Å². The number of fused-ring (bicyclic) bond motifs is 1. The van der Waals surface area contributed by atoms with Gasteiger partial charge in [-0.1, -0.05) is 35.0 Å². The molecule has 2 rings (SSSR count). The van der Waals surface area contributed by atoms with Gasteiger partial charge in [0.2, 0.25) is 0 Å². The van der Waals surface area contributed by atoms with Crippen LogP contribution in [0.4, 0.5) is 0 Å². The van der Waals surface area contributed by atoms with Crippen LogP contribution in [0.1, 0.15) is 25.0 Å². The number of aromatic nitrogens is 1. The van der Waals surface area contributed by atoms with E-state index in [-0.39, 0.29) is 0 Å². The highest BCUT2D eigenvalue weighted by molar-refractivity contribution is 9.10. The van der Waals surface area contributed by atoms with Crippen LogP contribution in [0, 0.1) is 0 Å². The summed E-state index contributed by atoms with van der Waals surface area (Å²) in [6.07, 6.45) is 2.02. The van der Waals surface area contributed by atoms with E-state index < -0.39 is 6.10 Å². The number of aliphatic hydroxyl groups excluding tert-OH is 1. The molecule has 2 nitrogen and oxygen atoms in total. The van der Waals surface area contributed by atoms with E-state index in [0.717, 1.165) is 20.9 Å². The smallest absolute Gasteiger partial charge is 0.0808 e. The number of pyridine rings is 1. The number of aliphatic hydroxyl groups is 1. The maximum atomic E-state index is 9.86. The molecule has 1 heterocycles. The third kappa shape index (κ3) is 1.90. The van der Waals surface area contributed by atoms with Crippen LogP contribution in [0.3, 0.4) is 0 Å². The van der Waals surface area contributed by atoms with E-state index >= 15 is 0 Å². The Kier molecular flexibility index (Phi) is 3.03. The lowest BCUT2D eigenvalue weighted by Crippen LogP contribution is -1.97. The van der Waals surface area contributed by atoms with Crippen molar-refractivity contribution in [1.82, 2.24) is 4.98 Å². The van der Waals surface area contributed by atoms with Crippen LogP contribution < -0.4 is 0 Å². The number of rotatable bonds is 2. The first-order valence-corrected chi connectivity index (χ1v) is 5.74. The summed E-state index contributed by atoms with van der Waals surface area (Å²) in [5.41, 5.74) is 1.78. The van der Waals surface area contributed by atoms with Gasteiger partial charge in [0.05, 0.1) is 11.6 Å². The maximum Gasteiger partial charge on any atom is 0.0808 e. The molecule has 1 unspecified atom stereocenters. The molecule has 0 aliphatic rings. The van der Waals surface area contributed by atoms with Gasteiger partial charge >= 0.3 is 0 Å². The SMILES string of the molecule is CCC(O)c1ccc(Br)c2cccnc12. The molecular formula is C12H12BrNO. The van der Waals surface area contributed by atoms with Gasteiger partial charge in [0, 0.05) is 21.6 Å². The Balaban J connectivity index is 2.71. The van der Waals surface area contributed by atoms with Crippen LogP contribution >= 0.6 is 15.9 Å². The first kappa shape index (κ1) is 10.6. The quantitative estimate of drug-likeness (QED) is 0.903. The van der Waals surface area contributed by atoms with E-state index in [4.69, 9.17) is 0 Å². The topological polar surface area (TPSA) is 33.1 Å². The van der Waals surface area contributed by atoms with Crippen molar-refractivity contribution in [2.75, 3.05) is 0 Å². The fourth-order valence-corrected chi connectivity index (χ4v) is 2.10. The predicted molar refractivity (Wildman–Crippen MR) is 64.7 cm³/mol. The lowest BCUT2D eigenvalue weighted by Gasteiger charge is -2.11. The van der Waals surface area contributed by atoms with E-state index in [2.05, 4.69) is 20.9 Å². The number of nitrogens with zero attached hydrogens (tertiary/aromatic N) is 1. The normalized spacial score (nSPS) is 13.0. The maximum absolute atomic E-state index is 9.86. The summed E-state index contributed by atoms with van der Waals surface area (Å²) in [5.74, 6) is 0. The van der Waals surface area contributed by atoms with Gasteiger partial charge in [-0.25, -0.2) is 0 Å². The molecule has 0 saturated heterocycles. The molecule has 0 saturated carbocycles. The lowest BCUT2D eigenvalue weighted by molar-refractivity contribution is 0.175. The van der Waals surface area contributed by atoms with Crippen molar-refractivity contribution < 1.29 is 5.11 Å². The number of benzene rings is 1. The molecular weight excluding hydrogens is 254 g/mol. The lowest BCUT2D eigenvalue weighted by atomic mass is 10.0. The van der Waals surface area contributed by atoms with Gasteiger partial charge in [0.1, 0.15) is 0 Å². The molecule has 1 atom stereocenters.